The molecule has 0 saturated carbocycles. The van der Waals surface area contributed by atoms with E-state index in [0.717, 1.165) is 0 Å². The number of benzene rings is 1. The first-order valence-electron chi connectivity index (χ1n) is 7.25. The van der Waals surface area contributed by atoms with Gasteiger partial charge in [-0.2, -0.15) is 0 Å². The largest absolute Gasteiger partial charge is 0.490 e. The Bertz CT molecular complexity index is 687. The van der Waals surface area contributed by atoms with Crippen LogP contribution in [-0.2, 0) is 0 Å². The van der Waals surface area contributed by atoms with Gasteiger partial charge in [0.05, 0.1) is 4.92 Å². The summed E-state index contributed by atoms with van der Waals surface area (Å²) in [4.78, 5) is 20.2. The molecule has 0 N–H and O–H groups in total. The lowest BCUT2D eigenvalue weighted by Crippen LogP contribution is -2.39. The SMILES string of the molecule is O=[N+]([O-])c1cncnc1N1CCC(Oc2ccc(F)cc2)CC1. The van der Waals surface area contributed by atoms with Crippen LogP contribution < -0.4 is 9.64 Å². The van der Waals surface area contributed by atoms with E-state index in [4.69, 9.17) is 4.74 Å². The number of aromatic nitrogens is 2. The van der Waals surface area contributed by atoms with Crippen LogP contribution in [0.1, 0.15) is 12.8 Å². The van der Waals surface area contributed by atoms with E-state index < -0.39 is 4.92 Å². The fraction of sp³-hybridized carbons (Fsp3) is 0.333. The van der Waals surface area contributed by atoms with Crippen molar-refractivity contribution in [3.8, 4) is 5.75 Å². The molecule has 23 heavy (non-hydrogen) atoms. The molecular formula is C15H15FN4O3. The zero-order valence-electron chi connectivity index (χ0n) is 12.3. The highest BCUT2D eigenvalue weighted by Gasteiger charge is 2.26. The first kappa shape index (κ1) is 15.1. The summed E-state index contributed by atoms with van der Waals surface area (Å²) in [6.45, 7) is 1.20. The van der Waals surface area contributed by atoms with Gasteiger partial charge in [0.15, 0.2) is 0 Å². The topological polar surface area (TPSA) is 81.4 Å². The minimum Gasteiger partial charge on any atom is -0.490 e. The lowest BCUT2D eigenvalue weighted by molar-refractivity contribution is -0.384. The summed E-state index contributed by atoms with van der Waals surface area (Å²) in [5.41, 5.74) is -0.0922. The molecule has 0 atom stereocenters. The van der Waals surface area contributed by atoms with Crippen LogP contribution >= 0.6 is 0 Å². The first-order valence-corrected chi connectivity index (χ1v) is 7.25. The highest BCUT2D eigenvalue weighted by Crippen LogP contribution is 2.28. The van der Waals surface area contributed by atoms with Crippen LogP contribution in [0.15, 0.2) is 36.8 Å². The van der Waals surface area contributed by atoms with E-state index in [1.165, 1.54) is 24.7 Å². The summed E-state index contributed by atoms with van der Waals surface area (Å²) < 4.78 is 18.7. The zero-order chi connectivity index (χ0) is 16.2. The molecule has 0 unspecified atom stereocenters. The Kier molecular flexibility index (Phi) is 4.31. The predicted octanol–water partition coefficient (Wildman–Crippen LogP) is 2.57. The highest BCUT2D eigenvalue weighted by atomic mass is 19.1. The molecular weight excluding hydrogens is 303 g/mol. The molecule has 0 aliphatic carbocycles. The van der Waals surface area contributed by atoms with Gasteiger partial charge in [0, 0.05) is 25.9 Å². The van der Waals surface area contributed by atoms with E-state index in [-0.39, 0.29) is 17.6 Å². The van der Waals surface area contributed by atoms with Crippen molar-refractivity contribution < 1.29 is 14.1 Å². The monoisotopic (exact) mass is 318 g/mol. The molecule has 0 radical (unpaired) electrons. The van der Waals surface area contributed by atoms with E-state index in [1.807, 2.05) is 4.90 Å². The van der Waals surface area contributed by atoms with Crippen LogP contribution in [0.3, 0.4) is 0 Å². The summed E-state index contributed by atoms with van der Waals surface area (Å²) in [6, 6.07) is 5.90. The molecule has 2 heterocycles. The van der Waals surface area contributed by atoms with Gasteiger partial charge in [0.2, 0.25) is 5.82 Å². The van der Waals surface area contributed by atoms with Crippen LogP contribution in [0, 0.1) is 15.9 Å². The van der Waals surface area contributed by atoms with Gasteiger partial charge in [-0.3, -0.25) is 10.1 Å². The molecule has 1 saturated heterocycles. The summed E-state index contributed by atoms with van der Waals surface area (Å²) in [6.07, 6.45) is 3.93. The van der Waals surface area contributed by atoms with Crippen molar-refractivity contribution in [2.24, 2.45) is 0 Å². The Morgan fingerprint density at radius 3 is 2.61 bits per heavy atom. The summed E-state index contributed by atoms with van der Waals surface area (Å²) >= 11 is 0. The van der Waals surface area contributed by atoms with Gasteiger partial charge in [0.25, 0.3) is 0 Å². The van der Waals surface area contributed by atoms with E-state index in [1.54, 1.807) is 12.1 Å². The predicted molar refractivity (Wildman–Crippen MR) is 80.9 cm³/mol. The van der Waals surface area contributed by atoms with Crippen molar-refractivity contribution >= 4 is 11.5 Å². The number of ether oxygens (including phenoxy) is 1. The summed E-state index contributed by atoms with van der Waals surface area (Å²) in [5.74, 6) is 0.659. The smallest absolute Gasteiger partial charge is 0.329 e. The maximum atomic E-state index is 12.9. The molecule has 0 spiro atoms. The fourth-order valence-electron chi connectivity index (χ4n) is 2.58. The minimum absolute atomic E-state index is 0.00222. The molecule has 7 nitrogen and oxygen atoms in total. The van der Waals surface area contributed by atoms with Gasteiger partial charge in [-0.15, -0.1) is 0 Å². The Hall–Kier alpha value is -2.77. The van der Waals surface area contributed by atoms with Crippen molar-refractivity contribution in [2.75, 3.05) is 18.0 Å². The van der Waals surface area contributed by atoms with E-state index >= 15 is 0 Å². The summed E-state index contributed by atoms with van der Waals surface area (Å²) in [7, 11) is 0. The van der Waals surface area contributed by atoms with Crippen molar-refractivity contribution in [1.82, 2.24) is 9.97 Å². The minimum atomic E-state index is -0.476. The van der Waals surface area contributed by atoms with Gasteiger partial charge in [-0.1, -0.05) is 0 Å². The number of hydrogen-bond donors (Lipinski definition) is 0. The van der Waals surface area contributed by atoms with Crippen LogP contribution in [0.4, 0.5) is 15.9 Å². The third kappa shape index (κ3) is 3.53. The Morgan fingerprint density at radius 2 is 1.96 bits per heavy atom. The van der Waals surface area contributed by atoms with Gasteiger partial charge in [0.1, 0.15) is 30.2 Å². The maximum Gasteiger partial charge on any atom is 0.329 e. The maximum absolute atomic E-state index is 12.9. The second-order valence-corrected chi connectivity index (χ2v) is 5.25. The van der Waals surface area contributed by atoms with E-state index in [2.05, 4.69) is 9.97 Å². The lowest BCUT2D eigenvalue weighted by atomic mass is 10.1. The van der Waals surface area contributed by atoms with E-state index in [0.29, 0.717) is 37.5 Å². The quantitative estimate of drug-likeness (QED) is 0.636. The van der Waals surface area contributed by atoms with Crippen LogP contribution in [0.2, 0.25) is 0 Å². The van der Waals surface area contributed by atoms with Gasteiger partial charge in [-0.25, -0.2) is 14.4 Å². The van der Waals surface area contributed by atoms with Crippen molar-refractivity contribution in [1.29, 1.82) is 0 Å². The molecule has 3 rings (SSSR count). The van der Waals surface area contributed by atoms with Crippen LogP contribution in [-0.4, -0.2) is 34.1 Å². The molecule has 1 aliphatic rings. The van der Waals surface area contributed by atoms with E-state index in [9.17, 15) is 14.5 Å². The molecule has 0 amide bonds. The number of rotatable bonds is 4. The molecule has 8 heteroatoms. The van der Waals surface area contributed by atoms with Crippen LogP contribution in [0.25, 0.3) is 0 Å². The zero-order valence-corrected chi connectivity index (χ0v) is 12.3. The average Bonchev–Trinajstić information content (AvgIpc) is 2.58. The standard InChI is InChI=1S/C15H15FN4O3/c16-11-1-3-12(4-2-11)23-13-5-7-19(8-6-13)15-14(20(21)22)9-17-10-18-15/h1-4,9-10,13H,5-8H2. The fourth-order valence-corrected chi connectivity index (χ4v) is 2.58. The van der Waals surface area contributed by atoms with Crippen LogP contribution in [0.5, 0.6) is 5.75 Å². The van der Waals surface area contributed by atoms with Gasteiger partial charge in [-0.05, 0) is 24.3 Å². The molecule has 0 bridgehead atoms. The third-order valence-corrected chi connectivity index (χ3v) is 3.73. The molecule has 1 fully saturated rings. The Morgan fingerprint density at radius 1 is 1.26 bits per heavy atom. The molecule has 1 aliphatic heterocycles. The number of anilines is 1. The normalized spacial score (nSPS) is 15.4. The molecule has 2 aromatic rings. The molecule has 1 aromatic carbocycles. The Labute approximate surface area is 131 Å². The molecule has 120 valence electrons. The first-order chi connectivity index (χ1) is 11.1. The highest BCUT2D eigenvalue weighted by molar-refractivity contribution is 5.56. The summed E-state index contributed by atoms with van der Waals surface area (Å²) in [5, 5.41) is 11.0. The number of nitro groups is 1. The van der Waals surface area contributed by atoms with Gasteiger partial charge < -0.3 is 9.64 Å². The lowest BCUT2D eigenvalue weighted by Gasteiger charge is -2.32. The second-order valence-electron chi connectivity index (χ2n) is 5.25. The van der Waals surface area contributed by atoms with Crippen molar-refractivity contribution in [3.63, 3.8) is 0 Å². The second kappa shape index (κ2) is 6.55. The number of halogens is 1. The average molecular weight is 318 g/mol. The number of hydrogen-bond acceptors (Lipinski definition) is 6. The van der Waals surface area contributed by atoms with Crippen molar-refractivity contribution in [2.45, 2.75) is 18.9 Å². The van der Waals surface area contributed by atoms with Gasteiger partial charge >= 0.3 is 5.69 Å². The number of nitrogens with zero attached hydrogens (tertiary/aromatic N) is 4. The third-order valence-electron chi connectivity index (χ3n) is 3.73. The van der Waals surface area contributed by atoms with Crippen molar-refractivity contribution in [3.05, 3.63) is 52.7 Å². The molecule has 1 aromatic heterocycles. The number of piperidine rings is 1. The Balaban J connectivity index is 1.62.